The summed E-state index contributed by atoms with van der Waals surface area (Å²) in [4.78, 5) is 1.62. The molecule has 8 aliphatic rings. The molecule has 3 nitrogen and oxygen atoms in total. The van der Waals surface area contributed by atoms with Crippen LogP contribution in [0.2, 0.25) is 0 Å². The number of ether oxygens (including phenoxy) is 1. The summed E-state index contributed by atoms with van der Waals surface area (Å²) >= 11 is 2.13. The smallest absolute Gasteiger partial charge is 0.133 e. The molecule has 2 aliphatic heterocycles. The van der Waals surface area contributed by atoms with Crippen molar-refractivity contribution in [3.05, 3.63) is 202 Å². The minimum absolute atomic E-state index is 0.241. The van der Waals surface area contributed by atoms with Gasteiger partial charge in [0.2, 0.25) is 0 Å². The molecule has 4 heterocycles. The predicted octanol–water partition coefficient (Wildman–Crippen LogP) is 15.5. The number of hydrogen-bond acceptors (Lipinski definition) is 2. The first-order chi connectivity index (χ1) is 31.7. The van der Waals surface area contributed by atoms with Gasteiger partial charge in [-0.2, -0.15) is 0 Å². The van der Waals surface area contributed by atoms with Gasteiger partial charge in [0, 0.05) is 56.3 Å². The number of rotatable bonds is 5. The van der Waals surface area contributed by atoms with Crippen LogP contribution in [0.5, 0.6) is 5.75 Å². The molecule has 0 saturated heterocycles. The Labute approximate surface area is 380 Å². The van der Waals surface area contributed by atoms with Crippen molar-refractivity contribution in [2.24, 2.45) is 11.8 Å². The molecular weight excluding hydrogens is 797 g/mol. The molecule has 4 aromatic carbocycles. The molecule has 314 valence electrons. The van der Waals surface area contributed by atoms with Crippen molar-refractivity contribution in [2.45, 2.75) is 87.7 Å². The summed E-state index contributed by atoms with van der Waals surface area (Å²) in [6.45, 7) is 0. The van der Waals surface area contributed by atoms with Crippen LogP contribution < -0.4 is 4.74 Å². The highest BCUT2D eigenvalue weighted by atomic mass is 32.2. The molecule has 0 radical (unpaired) electrons. The highest BCUT2D eigenvalue weighted by Gasteiger charge is 2.42. The van der Waals surface area contributed by atoms with Gasteiger partial charge in [0.05, 0.1) is 22.2 Å². The van der Waals surface area contributed by atoms with Crippen LogP contribution in [0.4, 0.5) is 0 Å². The first kappa shape index (κ1) is 37.4. The molecule has 5 atom stereocenters. The maximum atomic E-state index is 6.92. The van der Waals surface area contributed by atoms with Gasteiger partial charge in [0.25, 0.3) is 0 Å². The summed E-state index contributed by atoms with van der Waals surface area (Å²) in [5, 5.41) is 4.49. The Morgan fingerprint density at radius 3 is 2.47 bits per heavy atom. The van der Waals surface area contributed by atoms with Crippen LogP contribution in [0.3, 0.4) is 0 Å². The fourth-order valence-corrected chi connectivity index (χ4v) is 14.5. The fraction of sp³-hybridized carbons (Fsp3) is 0.267. The Morgan fingerprint density at radius 1 is 0.688 bits per heavy atom. The standard InChI is InChI=1S/C60H52N2OS/c1-3-14-37(15-4-1)38-28-31-57-50(34-38)60-45(21-13-25-58(60)64-57)49-35-42(36-56-59(49)46-20-9-12-24-55(46)63-56)62-52-23-11-8-19-44(52)48-33-40(27-30-54(48)62)39-26-29-53-47(32-39)43-18-7-10-22-51(43)61(53)41-16-5-2-6-17-41/h1,3,5,7-13,16-19,21-25,27,30,33-37,39,46,58,60H,2,4,6,14-15,20,26,28-29,31-32H2. The maximum Gasteiger partial charge on any atom is 0.133 e. The Morgan fingerprint density at radius 2 is 1.58 bits per heavy atom. The second-order valence-corrected chi connectivity index (χ2v) is 20.7. The minimum Gasteiger partial charge on any atom is -0.461 e. The Kier molecular flexibility index (Phi) is 8.64. The summed E-state index contributed by atoms with van der Waals surface area (Å²) in [6.07, 6.45) is 41.2. The number of para-hydroxylation sites is 2. The largest absolute Gasteiger partial charge is 0.461 e. The van der Waals surface area contributed by atoms with Crippen molar-refractivity contribution in [2.75, 3.05) is 0 Å². The third-order valence-corrected chi connectivity index (χ3v) is 17.4. The Hall–Kier alpha value is -5.97. The normalized spacial score (nSPS) is 25.4. The van der Waals surface area contributed by atoms with E-state index in [1.807, 2.05) is 0 Å². The summed E-state index contributed by atoms with van der Waals surface area (Å²) in [5.74, 6) is 3.84. The molecule has 6 aromatic rings. The van der Waals surface area contributed by atoms with E-state index in [9.17, 15) is 0 Å². The molecular formula is C60H52N2OS. The molecule has 6 aliphatic carbocycles. The van der Waals surface area contributed by atoms with Crippen LogP contribution in [-0.2, 0) is 12.8 Å². The van der Waals surface area contributed by atoms with E-state index in [1.165, 1.54) is 110 Å². The van der Waals surface area contributed by atoms with E-state index in [2.05, 4.69) is 173 Å². The number of thioether (sulfide) groups is 1. The van der Waals surface area contributed by atoms with Crippen LogP contribution in [0.1, 0.15) is 97.6 Å². The molecule has 4 heteroatoms. The van der Waals surface area contributed by atoms with Gasteiger partial charge < -0.3 is 13.9 Å². The lowest BCUT2D eigenvalue weighted by Gasteiger charge is -2.29. The molecule has 0 spiro atoms. The van der Waals surface area contributed by atoms with Gasteiger partial charge in [-0.15, -0.1) is 11.8 Å². The number of allylic oxidation sites excluding steroid dienone is 17. The van der Waals surface area contributed by atoms with Crippen molar-refractivity contribution in [3.8, 4) is 11.4 Å². The topological polar surface area (TPSA) is 19.1 Å². The van der Waals surface area contributed by atoms with E-state index >= 15 is 0 Å². The van der Waals surface area contributed by atoms with Crippen LogP contribution >= 0.6 is 11.8 Å². The highest BCUT2D eigenvalue weighted by molar-refractivity contribution is 8.04. The van der Waals surface area contributed by atoms with E-state index in [4.69, 9.17) is 4.74 Å². The van der Waals surface area contributed by atoms with Gasteiger partial charge in [-0.05, 0) is 158 Å². The van der Waals surface area contributed by atoms with Gasteiger partial charge >= 0.3 is 0 Å². The van der Waals surface area contributed by atoms with E-state index in [0.717, 1.165) is 50.0 Å². The van der Waals surface area contributed by atoms with Gasteiger partial charge in [0.1, 0.15) is 11.5 Å². The van der Waals surface area contributed by atoms with E-state index in [0.29, 0.717) is 23.0 Å². The summed E-state index contributed by atoms with van der Waals surface area (Å²) in [7, 11) is 0. The third kappa shape index (κ3) is 5.73. The van der Waals surface area contributed by atoms with Crippen molar-refractivity contribution in [1.82, 2.24) is 9.13 Å². The van der Waals surface area contributed by atoms with Gasteiger partial charge in [0.15, 0.2) is 0 Å². The van der Waals surface area contributed by atoms with Crippen LogP contribution in [0.15, 0.2) is 174 Å². The maximum absolute atomic E-state index is 6.92. The van der Waals surface area contributed by atoms with Crippen molar-refractivity contribution in [1.29, 1.82) is 0 Å². The first-order valence-corrected chi connectivity index (χ1v) is 25.0. The Balaban J connectivity index is 0.887. The molecule has 0 N–H and O–H groups in total. The van der Waals surface area contributed by atoms with Gasteiger partial charge in [-0.3, -0.25) is 0 Å². The molecule has 0 amide bonds. The molecule has 5 unspecified atom stereocenters. The second-order valence-electron chi connectivity index (χ2n) is 19.4. The number of benzene rings is 4. The number of nitrogens with zero attached hydrogens (tertiary/aromatic N) is 2. The molecule has 2 aromatic heterocycles. The van der Waals surface area contributed by atoms with Gasteiger partial charge in [-0.25, -0.2) is 0 Å². The predicted molar refractivity (Wildman–Crippen MR) is 268 cm³/mol. The van der Waals surface area contributed by atoms with Crippen molar-refractivity contribution in [3.63, 3.8) is 0 Å². The lowest BCUT2D eigenvalue weighted by molar-refractivity contribution is 0.425. The van der Waals surface area contributed by atoms with Crippen LogP contribution in [0.25, 0.3) is 49.7 Å². The summed E-state index contributed by atoms with van der Waals surface area (Å²) in [5.41, 5.74) is 18.3. The SMILES string of the molecule is C1=CCC2C(=C1)Oc1cc(-n3c4ccccc4c4cc(C5CCc6c(c7ccccc7n6C6=CCCC=C6)C5)ccc43)cc(C3=CC=CC4SC5=C(C=C(C6CC=CCC6)CC5)C34)c12. The zero-order valence-corrected chi connectivity index (χ0v) is 37.1. The quantitative estimate of drug-likeness (QED) is 0.161. The number of fused-ring (bicyclic) bond motifs is 11. The zero-order valence-electron chi connectivity index (χ0n) is 36.3. The Bertz CT molecular complexity index is 3290. The highest BCUT2D eigenvalue weighted by Crippen LogP contribution is 2.58. The molecule has 14 rings (SSSR count). The number of aromatic nitrogens is 2. The van der Waals surface area contributed by atoms with Crippen LogP contribution in [-0.4, -0.2) is 14.4 Å². The zero-order chi connectivity index (χ0) is 41.9. The number of hydrogen-bond donors (Lipinski definition) is 0. The first-order valence-electron chi connectivity index (χ1n) is 24.1. The van der Waals surface area contributed by atoms with Crippen molar-refractivity contribution >= 4 is 55.7 Å². The fourth-order valence-electron chi connectivity index (χ4n) is 13.0. The molecule has 64 heavy (non-hydrogen) atoms. The molecule has 0 saturated carbocycles. The molecule has 0 fully saturated rings. The average Bonchev–Trinajstić information content (AvgIpc) is 4.11. The van der Waals surface area contributed by atoms with Crippen LogP contribution in [0, 0.1) is 11.8 Å². The molecule has 0 bridgehead atoms. The van der Waals surface area contributed by atoms with E-state index in [-0.39, 0.29) is 5.92 Å². The average molecular weight is 849 g/mol. The lowest BCUT2D eigenvalue weighted by atomic mass is 9.74. The third-order valence-electron chi connectivity index (χ3n) is 16.0. The van der Waals surface area contributed by atoms with E-state index in [1.54, 1.807) is 16.1 Å². The monoisotopic (exact) mass is 848 g/mol. The summed E-state index contributed by atoms with van der Waals surface area (Å²) < 4.78 is 12.0. The lowest BCUT2D eigenvalue weighted by Crippen LogP contribution is -2.19. The minimum atomic E-state index is 0.241. The van der Waals surface area contributed by atoms with Gasteiger partial charge in [-0.1, -0.05) is 109 Å². The summed E-state index contributed by atoms with van der Waals surface area (Å²) in [6, 6.07) is 30.5. The second kappa shape index (κ2) is 14.8. The van der Waals surface area contributed by atoms with E-state index < -0.39 is 0 Å². The van der Waals surface area contributed by atoms with Crippen molar-refractivity contribution < 1.29 is 4.74 Å².